The SMILES string of the molecule is CCCCCCCCCCCCCC[N+](CC)(CC)C(CC)[Si](C)(OC)C(OC)OC. The Labute approximate surface area is 197 Å². The monoisotopic (exact) mass is 460 g/mol. The van der Waals surface area contributed by atoms with Crippen LogP contribution in [0, 0.1) is 0 Å². The molecule has 0 aromatic heterocycles. The van der Waals surface area contributed by atoms with Gasteiger partial charge in [0.25, 0.3) is 0 Å². The Bertz CT molecular complexity index is 402. The normalized spacial score (nSPS) is 15.4. The van der Waals surface area contributed by atoms with Gasteiger partial charge >= 0.3 is 8.32 Å². The molecule has 2 atom stereocenters. The minimum atomic E-state index is -2.23. The lowest BCUT2D eigenvalue weighted by atomic mass is 10.0. The molecule has 0 radical (unpaired) electrons. The summed E-state index contributed by atoms with van der Waals surface area (Å²) in [4.78, 5) is 0. The fourth-order valence-corrected chi connectivity index (χ4v) is 9.80. The van der Waals surface area contributed by atoms with E-state index >= 15 is 0 Å². The lowest BCUT2D eigenvalue weighted by Gasteiger charge is -2.50. The lowest BCUT2D eigenvalue weighted by Crippen LogP contribution is -2.71. The summed E-state index contributed by atoms with van der Waals surface area (Å²) >= 11 is 0. The van der Waals surface area contributed by atoms with Gasteiger partial charge in [0.1, 0.15) is 5.67 Å². The molecule has 0 amide bonds. The second-order valence-corrected chi connectivity index (χ2v) is 13.5. The van der Waals surface area contributed by atoms with Gasteiger partial charge in [-0.15, -0.1) is 0 Å². The Hall–Kier alpha value is 0.0569. The van der Waals surface area contributed by atoms with Crippen LogP contribution in [0.5, 0.6) is 0 Å². The first-order valence-electron chi connectivity index (χ1n) is 13.4. The van der Waals surface area contributed by atoms with Crippen molar-refractivity contribution < 1.29 is 18.4 Å². The van der Waals surface area contributed by atoms with Gasteiger partial charge in [-0.1, -0.05) is 78.1 Å². The molecule has 188 valence electrons. The fraction of sp³-hybridized carbons (Fsp3) is 1.00. The Morgan fingerprint density at radius 1 is 0.645 bits per heavy atom. The van der Waals surface area contributed by atoms with Gasteiger partial charge in [-0.05, 0) is 39.7 Å². The summed E-state index contributed by atoms with van der Waals surface area (Å²) < 4.78 is 18.9. The number of nitrogens with zero attached hydrogens (tertiary/aromatic N) is 1. The maximum Gasteiger partial charge on any atom is 0.312 e. The molecule has 0 spiro atoms. The summed E-state index contributed by atoms with van der Waals surface area (Å²) in [5.74, 6) is -0.222. The first kappa shape index (κ1) is 31.1. The summed E-state index contributed by atoms with van der Waals surface area (Å²) in [5.41, 5.74) is 0.477. The van der Waals surface area contributed by atoms with E-state index in [-0.39, 0.29) is 5.91 Å². The maximum absolute atomic E-state index is 6.23. The average Bonchev–Trinajstić information content (AvgIpc) is 2.79. The molecule has 0 bridgehead atoms. The lowest BCUT2D eigenvalue weighted by molar-refractivity contribution is -0.939. The highest BCUT2D eigenvalue weighted by molar-refractivity contribution is 6.74. The number of methoxy groups -OCH3 is 2. The van der Waals surface area contributed by atoms with Crippen molar-refractivity contribution in [1.29, 1.82) is 0 Å². The third kappa shape index (κ3) is 10.2. The minimum absolute atomic E-state index is 0.222. The third-order valence-corrected chi connectivity index (χ3v) is 12.3. The summed E-state index contributed by atoms with van der Waals surface area (Å²) in [6, 6.07) is 0. The smallest absolute Gasteiger partial charge is 0.312 e. The first-order valence-corrected chi connectivity index (χ1v) is 16.0. The zero-order valence-electron chi connectivity index (χ0n) is 22.6. The van der Waals surface area contributed by atoms with E-state index in [2.05, 4.69) is 34.2 Å². The van der Waals surface area contributed by atoms with Gasteiger partial charge in [-0.2, -0.15) is 0 Å². The molecule has 0 aliphatic carbocycles. The second kappa shape index (κ2) is 18.5. The van der Waals surface area contributed by atoms with Crippen LogP contribution in [0.2, 0.25) is 6.55 Å². The van der Waals surface area contributed by atoms with Crippen LogP contribution in [0.15, 0.2) is 0 Å². The van der Waals surface area contributed by atoms with Crippen LogP contribution >= 0.6 is 0 Å². The zero-order chi connectivity index (χ0) is 23.6. The third-order valence-electron chi connectivity index (χ3n) is 7.76. The van der Waals surface area contributed by atoms with Crippen molar-refractivity contribution in [2.45, 2.75) is 129 Å². The zero-order valence-corrected chi connectivity index (χ0v) is 23.6. The van der Waals surface area contributed by atoms with Gasteiger partial charge in [0.05, 0.1) is 19.6 Å². The molecule has 0 aromatic rings. The molecule has 0 aliphatic rings. The van der Waals surface area contributed by atoms with Crippen LogP contribution in [0.4, 0.5) is 0 Å². The molecule has 5 heteroatoms. The Morgan fingerprint density at radius 3 is 1.39 bits per heavy atom. The molecule has 2 unspecified atom stereocenters. The van der Waals surface area contributed by atoms with Crippen LogP contribution in [-0.4, -0.2) is 65.3 Å². The summed E-state index contributed by atoms with van der Waals surface area (Å²) in [5, 5.41) is 0. The van der Waals surface area contributed by atoms with E-state index in [1.54, 1.807) is 14.2 Å². The molecule has 0 aliphatic heterocycles. The average molecular weight is 461 g/mol. The van der Waals surface area contributed by atoms with E-state index in [1.165, 1.54) is 83.6 Å². The van der Waals surface area contributed by atoms with Gasteiger partial charge in [-0.3, -0.25) is 0 Å². The van der Waals surface area contributed by atoms with E-state index in [0.717, 1.165) is 24.0 Å². The summed E-state index contributed by atoms with van der Waals surface area (Å²) in [7, 11) is 3.14. The van der Waals surface area contributed by atoms with E-state index < -0.39 is 8.32 Å². The highest BCUT2D eigenvalue weighted by Gasteiger charge is 2.55. The highest BCUT2D eigenvalue weighted by Crippen LogP contribution is 2.31. The molecule has 0 saturated carbocycles. The largest absolute Gasteiger partial charge is 0.410 e. The van der Waals surface area contributed by atoms with Crippen molar-refractivity contribution in [3.63, 3.8) is 0 Å². The van der Waals surface area contributed by atoms with Gasteiger partial charge in [0, 0.05) is 21.3 Å². The second-order valence-electron chi connectivity index (χ2n) is 9.58. The number of ether oxygens (including phenoxy) is 2. The molecule has 0 N–H and O–H groups in total. The number of hydrogen-bond acceptors (Lipinski definition) is 3. The highest BCUT2D eigenvalue weighted by atomic mass is 28.4. The number of hydrogen-bond donors (Lipinski definition) is 0. The van der Waals surface area contributed by atoms with Gasteiger partial charge in [0.2, 0.25) is 0 Å². The Balaban J connectivity index is 4.56. The van der Waals surface area contributed by atoms with Crippen molar-refractivity contribution in [2.24, 2.45) is 0 Å². The van der Waals surface area contributed by atoms with Crippen molar-refractivity contribution in [2.75, 3.05) is 41.0 Å². The molecule has 0 saturated heterocycles. The van der Waals surface area contributed by atoms with Crippen LogP contribution in [0.1, 0.15) is 111 Å². The van der Waals surface area contributed by atoms with Gasteiger partial charge < -0.3 is 18.4 Å². The maximum atomic E-state index is 6.23. The Kier molecular flexibility index (Phi) is 18.5. The van der Waals surface area contributed by atoms with Crippen molar-refractivity contribution in [3.05, 3.63) is 0 Å². The molecule has 0 rings (SSSR count). The number of quaternary nitrogens is 1. The van der Waals surface area contributed by atoms with Crippen LogP contribution < -0.4 is 0 Å². The predicted molar refractivity (Wildman–Crippen MR) is 138 cm³/mol. The fourth-order valence-electron chi connectivity index (χ4n) is 5.69. The standard InChI is InChI=1S/C26H58NO3Si/c1-9-13-14-15-16-17-18-19-20-21-22-23-24-27(11-3,12-4)25(10-2)31(8,30-7)26(28-5)29-6/h25-26H,9-24H2,1-8H3/q+1. The number of rotatable bonds is 22. The quantitative estimate of drug-likeness (QED) is 0.0737. The van der Waals surface area contributed by atoms with Crippen molar-refractivity contribution in [3.8, 4) is 0 Å². The Morgan fingerprint density at radius 2 is 1.06 bits per heavy atom. The van der Waals surface area contributed by atoms with Crippen molar-refractivity contribution >= 4 is 8.32 Å². The van der Waals surface area contributed by atoms with E-state index in [1.807, 2.05) is 7.11 Å². The molecule has 0 heterocycles. The van der Waals surface area contributed by atoms with E-state index in [9.17, 15) is 0 Å². The van der Waals surface area contributed by atoms with Gasteiger partial charge in [-0.25, -0.2) is 0 Å². The molecule has 4 nitrogen and oxygen atoms in total. The topological polar surface area (TPSA) is 27.7 Å². The van der Waals surface area contributed by atoms with Crippen LogP contribution in [0.25, 0.3) is 0 Å². The first-order chi connectivity index (χ1) is 15.0. The van der Waals surface area contributed by atoms with Crippen LogP contribution in [-0.2, 0) is 13.9 Å². The molecule has 0 aromatic carbocycles. The molecular formula is C26H58NO3Si+. The predicted octanol–water partition coefficient (Wildman–Crippen LogP) is 7.24. The minimum Gasteiger partial charge on any atom is -0.410 e. The summed E-state index contributed by atoms with van der Waals surface area (Å²) in [6.07, 6.45) is 17.9. The summed E-state index contributed by atoms with van der Waals surface area (Å²) in [6.45, 7) is 15.2. The van der Waals surface area contributed by atoms with Crippen molar-refractivity contribution in [1.82, 2.24) is 0 Å². The molecular weight excluding hydrogens is 402 g/mol. The van der Waals surface area contributed by atoms with E-state index in [0.29, 0.717) is 5.67 Å². The van der Waals surface area contributed by atoms with Crippen LogP contribution in [0.3, 0.4) is 0 Å². The van der Waals surface area contributed by atoms with E-state index in [4.69, 9.17) is 13.9 Å². The molecule has 31 heavy (non-hydrogen) atoms. The molecule has 0 fully saturated rings. The van der Waals surface area contributed by atoms with Gasteiger partial charge in [0.15, 0.2) is 5.91 Å². The number of unbranched alkanes of at least 4 members (excludes halogenated alkanes) is 11.